The molecule has 1 atom stereocenters. The number of aliphatic hydroxyl groups excluding tert-OH is 1. The summed E-state index contributed by atoms with van der Waals surface area (Å²) in [5.41, 5.74) is 0. The summed E-state index contributed by atoms with van der Waals surface area (Å²) in [6.45, 7) is 4.73. The molecule has 0 aromatic carbocycles. The van der Waals surface area contributed by atoms with Gasteiger partial charge in [-0.05, 0) is 50.3 Å². The number of thioether (sulfide) groups is 1. The molecular formula is C11H25NOS. The predicted octanol–water partition coefficient (Wildman–Crippen LogP) is 2.13. The Bertz CT molecular complexity index is 105. The minimum Gasteiger partial charge on any atom is -0.396 e. The summed E-state index contributed by atoms with van der Waals surface area (Å²) < 4.78 is 0. The van der Waals surface area contributed by atoms with Gasteiger partial charge in [0.25, 0.3) is 0 Å². The van der Waals surface area contributed by atoms with Gasteiger partial charge in [0.1, 0.15) is 0 Å². The van der Waals surface area contributed by atoms with Gasteiger partial charge in [-0.2, -0.15) is 11.8 Å². The molecule has 0 bridgehead atoms. The highest BCUT2D eigenvalue weighted by atomic mass is 32.2. The van der Waals surface area contributed by atoms with E-state index in [1.165, 1.54) is 25.0 Å². The number of nitrogens with one attached hydrogen (secondary N) is 1. The summed E-state index contributed by atoms with van der Waals surface area (Å²) in [5.74, 6) is 1.91. The van der Waals surface area contributed by atoms with Crippen LogP contribution in [0.5, 0.6) is 0 Å². The number of aliphatic hydroxyl groups is 1. The van der Waals surface area contributed by atoms with Gasteiger partial charge < -0.3 is 10.4 Å². The molecule has 86 valence electrons. The molecule has 0 aromatic rings. The summed E-state index contributed by atoms with van der Waals surface area (Å²) in [6, 6.07) is 0. The highest BCUT2D eigenvalue weighted by Gasteiger charge is 2.05. The lowest BCUT2D eigenvalue weighted by Crippen LogP contribution is -2.24. The molecule has 0 heterocycles. The topological polar surface area (TPSA) is 32.3 Å². The molecule has 0 aliphatic carbocycles. The van der Waals surface area contributed by atoms with Crippen LogP contribution in [-0.4, -0.2) is 36.8 Å². The molecular weight excluding hydrogens is 194 g/mol. The van der Waals surface area contributed by atoms with Crippen molar-refractivity contribution >= 4 is 11.8 Å². The van der Waals surface area contributed by atoms with Crippen molar-refractivity contribution in [1.29, 1.82) is 0 Å². The van der Waals surface area contributed by atoms with Crippen LogP contribution in [0.25, 0.3) is 0 Å². The molecule has 3 heteroatoms. The number of hydrogen-bond donors (Lipinski definition) is 2. The zero-order valence-corrected chi connectivity index (χ0v) is 10.4. The summed E-state index contributed by atoms with van der Waals surface area (Å²) in [4.78, 5) is 0. The third-order valence-electron chi connectivity index (χ3n) is 2.37. The summed E-state index contributed by atoms with van der Waals surface area (Å²) >= 11 is 1.90. The van der Waals surface area contributed by atoms with Gasteiger partial charge in [0.2, 0.25) is 0 Å². The molecule has 0 amide bonds. The average molecular weight is 219 g/mol. The Kier molecular flexibility index (Phi) is 11.6. The van der Waals surface area contributed by atoms with E-state index in [4.69, 9.17) is 5.11 Å². The van der Waals surface area contributed by atoms with Gasteiger partial charge in [-0.15, -0.1) is 0 Å². The summed E-state index contributed by atoms with van der Waals surface area (Å²) in [6.07, 6.45) is 6.79. The molecule has 1 unspecified atom stereocenters. The lowest BCUT2D eigenvalue weighted by Gasteiger charge is -2.15. The Morgan fingerprint density at radius 2 is 2.14 bits per heavy atom. The van der Waals surface area contributed by atoms with Crippen molar-refractivity contribution in [1.82, 2.24) is 5.32 Å². The normalized spacial score (nSPS) is 13.1. The quantitative estimate of drug-likeness (QED) is 0.552. The first-order valence-electron chi connectivity index (χ1n) is 5.65. The fourth-order valence-corrected chi connectivity index (χ4v) is 2.02. The molecule has 0 fully saturated rings. The average Bonchev–Trinajstić information content (AvgIpc) is 2.18. The van der Waals surface area contributed by atoms with Crippen LogP contribution >= 0.6 is 11.8 Å². The smallest absolute Gasteiger partial charge is 0.0434 e. The van der Waals surface area contributed by atoms with Crippen LogP contribution in [0.3, 0.4) is 0 Å². The molecule has 0 aliphatic rings. The third kappa shape index (κ3) is 8.85. The Balaban J connectivity index is 3.30. The van der Waals surface area contributed by atoms with Gasteiger partial charge >= 0.3 is 0 Å². The largest absolute Gasteiger partial charge is 0.396 e. The lowest BCUT2D eigenvalue weighted by atomic mass is 10.0. The second kappa shape index (κ2) is 11.3. The van der Waals surface area contributed by atoms with Crippen LogP contribution in [0.15, 0.2) is 0 Å². The van der Waals surface area contributed by atoms with E-state index in [2.05, 4.69) is 18.5 Å². The Morgan fingerprint density at radius 1 is 1.36 bits per heavy atom. The van der Waals surface area contributed by atoms with E-state index in [1.807, 2.05) is 11.8 Å². The number of rotatable bonds is 10. The fraction of sp³-hybridized carbons (Fsp3) is 1.00. The summed E-state index contributed by atoms with van der Waals surface area (Å²) in [7, 11) is 0. The number of hydrogen-bond acceptors (Lipinski definition) is 3. The Hall–Kier alpha value is 0.270. The van der Waals surface area contributed by atoms with E-state index >= 15 is 0 Å². The standard InChI is InChI=1S/C11H25NOS/c1-3-5-11(6-8-13)10-12-7-4-9-14-2/h11-13H,3-10H2,1-2H3. The third-order valence-corrected chi connectivity index (χ3v) is 3.07. The van der Waals surface area contributed by atoms with E-state index in [-0.39, 0.29) is 0 Å². The first kappa shape index (κ1) is 14.3. The molecule has 2 nitrogen and oxygen atoms in total. The molecule has 14 heavy (non-hydrogen) atoms. The molecule has 0 rings (SSSR count). The maximum atomic E-state index is 8.87. The molecule has 0 saturated carbocycles. The maximum Gasteiger partial charge on any atom is 0.0434 e. The van der Waals surface area contributed by atoms with Gasteiger partial charge in [-0.3, -0.25) is 0 Å². The Labute approximate surface area is 92.9 Å². The lowest BCUT2D eigenvalue weighted by molar-refractivity contribution is 0.248. The van der Waals surface area contributed by atoms with Crippen molar-refractivity contribution in [3.8, 4) is 0 Å². The second-order valence-electron chi connectivity index (χ2n) is 3.72. The van der Waals surface area contributed by atoms with Crippen molar-refractivity contribution in [2.75, 3.05) is 31.7 Å². The van der Waals surface area contributed by atoms with Crippen LogP contribution in [0.2, 0.25) is 0 Å². The first-order valence-corrected chi connectivity index (χ1v) is 7.05. The van der Waals surface area contributed by atoms with E-state index in [1.54, 1.807) is 0 Å². The second-order valence-corrected chi connectivity index (χ2v) is 4.70. The van der Waals surface area contributed by atoms with E-state index in [0.717, 1.165) is 19.5 Å². The van der Waals surface area contributed by atoms with Gasteiger partial charge in [0.15, 0.2) is 0 Å². The van der Waals surface area contributed by atoms with Gasteiger partial charge in [-0.25, -0.2) is 0 Å². The van der Waals surface area contributed by atoms with Crippen LogP contribution < -0.4 is 5.32 Å². The van der Waals surface area contributed by atoms with E-state index in [0.29, 0.717) is 12.5 Å². The molecule has 0 aromatic heterocycles. The van der Waals surface area contributed by atoms with Crippen molar-refractivity contribution < 1.29 is 5.11 Å². The zero-order valence-electron chi connectivity index (χ0n) is 9.59. The monoisotopic (exact) mass is 219 g/mol. The van der Waals surface area contributed by atoms with Crippen molar-refractivity contribution in [3.05, 3.63) is 0 Å². The van der Waals surface area contributed by atoms with Crippen molar-refractivity contribution in [3.63, 3.8) is 0 Å². The van der Waals surface area contributed by atoms with Crippen molar-refractivity contribution in [2.45, 2.75) is 32.6 Å². The van der Waals surface area contributed by atoms with Crippen molar-refractivity contribution in [2.24, 2.45) is 5.92 Å². The highest BCUT2D eigenvalue weighted by Crippen LogP contribution is 2.09. The fourth-order valence-electron chi connectivity index (χ4n) is 1.59. The maximum absolute atomic E-state index is 8.87. The minimum atomic E-state index is 0.331. The van der Waals surface area contributed by atoms with Gasteiger partial charge in [0.05, 0.1) is 0 Å². The Morgan fingerprint density at radius 3 is 2.71 bits per heavy atom. The van der Waals surface area contributed by atoms with E-state index < -0.39 is 0 Å². The van der Waals surface area contributed by atoms with Crippen LogP contribution in [0.4, 0.5) is 0 Å². The van der Waals surface area contributed by atoms with Crippen LogP contribution in [-0.2, 0) is 0 Å². The molecule has 0 aliphatic heterocycles. The highest BCUT2D eigenvalue weighted by molar-refractivity contribution is 7.98. The first-order chi connectivity index (χ1) is 6.85. The predicted molar refractivity (Wildman–Crippen MR) is 66.0 cm³/mol. The summed E-state index contributed by atoms with van der Waals surface area (Å²) in [5, 5.41) is 12.3. The van der Waals surface area contributed by atoms with Crippen LogP contribution in [0.1, 0.15) is 32.6 Å². The molecule has 2 N–H and O–H groups in total. The minimum absolute atomic E-state index is 0.331. The molecule has 0 saturated heterocycles. The molecule has 0 radical (unpaired) electrons. The molecule has 0 spiro atoms. The van der Waals surface area contributed by atoms with Gasteiger partial charge in [0, 0.05) is 6.61 Å². The SMILES string of the molecule is CCCC(CCO)CNCCCSC. The van der Waals surface area contributed by atoms with E-state index in [9.17, 15) is 0 Å². The zero-order chi connectivity index (χ0) is 10.6. The van der Waals surface area contributed by atoms with Gasteiger partial charge in [-0.1, -0.05) is 13.3 Å². The van der Waals surface area contributed by atoms with Crippen LogP contribution in [0, 0.1) is 5.92 Å².